The van der Waals surface area contributed by atoms with E-state index in [1.807, 2.05) is 26.8 Å². The van der Waals surface area contributed by atoms with E-state index in [2.05, 4.69) is 10.2 Å². The second-order valence-corrected chi connectivity index (χ2v) is 1.88. The van der Waals surface area contributed by atoms with Crippen LogP contribution in [0, 0.1) is 11.6 Å². The summed E-state index contributed by atoms with van der Waals surface area (Å²) in [6.45, 7) is 5.95. The van der Waals surface area contributed by atoms with Crippen molar-refractivity contribution < 1.29 is 0 Å². The van der Waals surface area contributed by atoms with Crippen LogP contribution in [-0.2, 0) is 0 Å². The Morgan fingerprint density at radius 3 is 2.00 bits per heavy atom. The highest BCUT2D eigenvalue weighted by atomic mass is 32.1. The molecule has 0 fully saturated rings. The maximum absolute atomic E-state index is 4.75. The molecule has 0 aromatic carbocycles. The Hall–Kier alpha value is -0.570. The molecule has 0 saturated heterocycles. The standard InChI is InChI=1S/C4H6N2S.C2H6/c1-3-2-4(7)6-5-3;1-2/h2H,1H3,(H2,5,6,7);1-2H3. The summed E-state index contributed by atoms with van der Waals surface area (Å²) in [4.78, 5) is 0. The van der Waals surface area contributed by atoms with Crippen molar-refractivity contribution in [1.82, 2.24) is 10.2 Å². The molecular weight excluding hydrogens is 132 g/mol. The Morgan fingerprint density at radius 2 is 1.89 bits per heavy atom. The SMILES string of the molecule is CC.Cc1cc(=S)[nH][nH]1. The lowest BCUT2D eigenvalue weighted by molar-refractivity contribution is 1.04. The highest BCUT2D eigenvalue weighted by molar-refractivity contribution is 7.71. The van der Waals surface area contributed by atoms with Crippen molar-refractivity contribution >= 4 is 12.2 Å². The van der Waals surface area contributed by atoms with Gasteiger partial charge in [0, 0.05) is 5.69 Å². The minimum atomic E-state index is 0.762. The third kappa shape index (κ3) is 3.08. The van der Waals surface area contributed by atoms with Gasteiger partial charge in [-0.15, -0.1) is 0 Å². The molecule has 0 spiro atoms. The second kappa shape index (κ2) is 4.32. The Bertz CT molecular complexity index is 199. The fourth-order valence-electron chi connectivity index (χ4n) is 0.429. The van der Waals surface area contributed by atoms with Gasteiger partial charge in [0.15, 0.2) is 0 Å². The van der Waals surface area contributed by atoms with Gasteiger partial charge >= 0.3 is 0 Å². The molecule has 1 aromatic rings. The van der Waals surface area contributed by atoms with Gasteiger partial charge in [-0.1, -0.05) is 26.1 Å². The smallest absolute Gasteiger partial charge is 0.119 e. The van der Waals surface area contributed by atoms with E-state index in [1.54, 1.807) is 0 Å². The normalized spacial score (nSPS) is 7.89. The summed E-state index contributed by atoms with van der Waals surface area (Å²) >= 11 is 4.75. The molecule has 0 amide bonds. The van der Waals surface area contributed by atoms with E-state index >= 15 is 0 Å². The average Bonchev–Trinajstić information content (AvgIpc) is 2.20. The van der Waals surface area contributed by atoms with E-state index in [4.69, 9.17) is 12.2 Å². The number of hydrogen-bond donors (Lipinski definition) is 2. The summed E-state index contributed by atoms with van der Waals surface area (Å²) < 4.78 is 0.762. The fraction of sp³-hybridized carbons (Fsp3) is 0.500. The summed E-state index contributed by atoms with van der Waals surface area (Å²) in [7, 11) is 0. The van der Waals surface area contributed by atoms with Gasteiger partial charge in [0.2, 0.25) is 0 Å². The van der Waals surface area contributed by atoms with Gasteiger partial charge in [0.25, 0.3) is 0 Å². The van der Waals surface area contributed by atoms with E-state index in [1.165, 1.54) is 0 Å². The van der Waals surface area contributed by atoms with Crippen LogP contribution in [-0.4, -0.2) is 10.2 Å². The van der Waals surface area contributed by atoms with Gasteiger partial charge < -0.3 is 5.10 Å². The van der Waals surface area contributed by atoms with Crippen LogP contribution >= 0.6 is 12.2 Å². The maximum Gasteiger partial charge on any atom is 0.119 e. The molecule has 0 saturated carbocycles. The van der Waals surface area contributed by atoms with Crippen LogP contribution in [0.2, 0.25) is 0 Å². The van der Waals surface area contributed by atoms with Crippen LogP contribution < -0.4 is 0 Å². The topological polar surface area (TPSA) is 31.6 Å². The molecule has 0 aliphatic rings. The van der Waals surface area contributed by atoms with Crippen LogP contribution in [0.3, 0.4) is 0 Å². The molecule has 1 aromatic heterocycles. The zero-order chi connectivity index (χ0) is 7.28. The summed E-state index contributed by atoms with van der Waals surface area (Å²) in [6.07, 6.45) is 0. The summed E-state index contributed by atoms with van der Waals surface area (Å²) in [6, 6.07) is 1.87. The first kappa shape index (κ1) is 8.43. The van der Waals surface area contributed by atoms with E-state index in [0.717, 1.165) is 10.3 Å². The van der Waals surface area contributed by atoms with E-state index in [9.17, 15) is 0 Å². The minimum absolute atomic E-state index is 0.762. The molecule has 9 heavy (non-hydrogen) atoms. The molecule has 0 atom stereocenters. The molecule has 0 unspecified atom stereocenters. The molecule has 3 heteroatoms. The van der Waals surface area contributed by atoms with Gasteiger partial charge in [-0.25, -0.2) is 0 Å². The van der Waals surface area contributed by atoms with Crippen molar-refractivity contribution in [3.63, 3.8) is 0 Å². The van der Waals surface area contributed by atoms with Crippen molar-refractivity contribution in [3.8, 4) is 0 Å². The van der Waals surface area contributed by atoms with Crippen molar-refractivity contribution in [2.24, 2.45) is 0 Å². The zero-order valence-corrected chi connectivity index (χ0v) is 6.80. The van der Waals surface area contributed by atoms with Crippen molar-refractivity contribution in [1.29, 1.82) is 0 Å². The van der Waals surface area contributed by atoms with Crippen molar-refractivity contribution in [2.45, 2.75) is 20.8 Å². The molecule has 0 aliphatic heterocycles. The monoisotopic (exact) mass is 144 g/mol. The van der Waals surface area contributed by atoms with Crippen LogP contribution in [0.4, 0.5) is 0 Å². The molecule has 1 heterocycles. The minimum Gasteiger partial charge on any atom is -0.304 e. The Labute approximate surface area is 60.3 Å². The maximum atomic E-state index is 4.75. The summed E-state index contributed by atoms with van der Waals surface area (Å²) in [5, 5.41) is 5.60. The third-order valence-corrected chi connectivity index (χ3v) is 0.950. The van der Waals surface area contributed by atoms with Gasteiger partial charge in [-0.2, -0.15) is 0 Å². The number of hydrogen-bond acceptors (Lipinski definition) is 1. The molecule has 0 bridgehead atoms. The number of aromatic amines is 2. The first-order valence-electron chi connectivity index (χ1n) is 3.03. The second-order valence-electron chi connectivity index (χ2n) is 1.44. The van der Waals surface area contributed by atoms with E-state index < -0.39 is 0 Å². The quantitative estimate of drug-likeness (QED) is 0.538. The molecule has 2 N–H and O–H groups in total. The average molecular weight is 144 g/mol. The third-order valence-electron chi connectivity index (χ3n) is 0.730. The number of rotatable bonds is 0. The number of nitrogens with one attached hydrogen (secondary N) is 2. The van der Waals surface area contributed by atoms with E-state index in [0.29, 0.717) is 0 Å². The molecular formula is C6H12N2S. The number of aromatic nitrogens is 2. The highest BCUT2D eigenvalue weighted by Gasteiger charge is 1.78. The predicted molar refractivity (Wildman–Crippen MR) is 42.1 cm³/mol. The van der Waals surface area contributed by atoms with E-state index in [-0.39, 0.29) is 0 Å². The van der Waals surface area contributed by atoms with Gasteiger partial charge in [-0.05, 0) is 13.0 Å². The highest BCUT2D eigenvalue weighted by Crippen LogP contribution is 1.87. The number of aryl methyl sites for hydroxylation is 1. The van der Waals surface area contributed by atoms with Gasteiger partial charge in [0.1, 0.15) is 4.64 Å². The molecule has 0 radical (unpaired) electrons. The van der Waals surface area contributed by atoms with Crippen LogP contribution in [0.15, 0.2) is 6.07 Å². The van der Waals surface area contributed by atoms with Crippen molar-refractivity contribution in [3.05, 3.63) is 16.4 Å². The molecule has 0 aliphatic carbocycles. The summed E-state index contributed by atoms with van der Waals surface area (Å²) in [5.74, 6) is 0. The van der Waals surface area contributed by atoms with Crippen LogP contribution in [0.1, 0.15) is 19.5 Å². The molecule has 2 nitrogen and oxygen atoms in total. The largest absolute Gasteiger partial charge is 0.304 e. The number of H-pyrrole nitrogens is 2. The van der Waals surface area contributed by atoms with Crippen molar-refractivity contribution in [2.75, 3.05) is 0 Å². The lowest BCUT2D eigenvalue weighted by Gasteiger charge is -1.69. The van der Waals surface area contributed by atoms with Gasteiger partial charge in [0.05, 0.1) is 0 Å². The first-order chi connectivity index (χ1) is 4.29. The zero-order valence-electron chi connectivity index (χ0n) is 5.99. The Kier molecular flexibility index (Phi) is 4.05. The first-order valence-corrected chi connectivity index (χ1v) is 3.44. The summed E-state index contributed by atoms with van der Waals surface area (Å²) in [5.41, 5.74) is 1.07. The lowest BCUT2D eigenvalue weighted by Crippen LogP contribution is -1.65. The van der Waals surface area contributed by atoms with Crippen LogP contribution in [0.25, 0.3) is 0 Å². The fourth-order valence-corrected chi connectivity index (χ4v) is 0.657. The predicted octanol–water partition coefficient (Wildman–Crippen LogP) is 2.41. The molecule has 52 valence electrons. The Balaban J connectivity index is 0.000000291. The van der Waals surface area contributed by atoms with Crippen LogP contribution in [0.5, 0.6) is 0 Å². The van der Waals surface area contributed by atoms with Gasteiger partial charge in [-0.3, -0.25) is 5.10 Å². The molecule has 1 rings (SSSR count). The lowest BCUT2D eigenvalue weighted by atomic mass is 10.5. The Morgan fingerprint density at radius 1 is 1.33 bits per heavy atom.